The molecule has 0 aliphatic carbocycles. The van der Waals surface area contributed by atoms with Gasteiger partial charge in [0.15, 0.2) is 0 Å². The van der Waals surface area contributed by atoms with Gasteiger partial charge in [-0.3, -0.25) is 4.79 Å². The molecule has 3 rings (SSSR count). The third-order valence-electron chi connectivity index (χ3n) is 3.62. The Morgan fingerprint density at radius 3 is 2.86 bits per heavy atom. The summed E-state index contributed by atoms with van der Waals surface area (Å²) < 4.78 is 18.7. The summed E-state index contributed by atoms with van der Waals surface area (Å²) in [5.41, 5.74) is 1.35. The number of hydrogen-bond acceptors (Lipinski definition) is 3. The molecular weight excluding hydrogens is 301 g/mol. The van der Waals surface area contributed by atoms with Gasteiger partial charge >= 0.3 is 0 Å². The average Bonchev–Trinajstić information content (AvgIpc) is 3.03. The Morgan fingerprint density at radius 1 is 1.27 bits per heavy atom. The summed E-state index contributed by atoms with van der Waals surface area (Å²) in [6.07, 6.45) is 0. The topological polar surface area (TPSA) is 29.5 Å². The van der Waals surface area contributed by atoms with Crippen LogP contribution in [0.25, 0.3) is 0 Å². The van der Waals surface area contributed by atoms with E-state index in [4.69, 9.17) is 4.74 Å². The SMILES string of the molecule is COc1ccccc1C(=O)N1CCS[C@H]1c1cccc(F)c1. The second-order valence-corrected chi connectivity index (χ2v) is 6.17. The molecule has 2 aromatic rings. The number of ether oxygens (including phenoxy) is 1. The normalized spacial score (nSPS) is 17.5. The molecule has 1 atom stereocenters. The van der Waals surface area contributed by atoms with Crippen molar-refractivity contribution in [2.75, 3.05) is 19.4 Å². The van der Waals surface area contributed by atoms with Crippen LogP contribution in [0.3, 0.4) is 0 Å². The van der Waals surface area contributed by atoms with E-state index < -0.39 is 0 Å². The highest BCUT2D eigenvalue weighted by atomic mass is 32.2. The number of hydrogen-bond donors (Lipinski definition) is 0. The molecule has 22 heavy (non-hydrogen) atoms. The van der Waals surface area contributed by atoms with Crippen LogP contribution < -0.4 is 4.74 Å². The molecule has 1 heterocycles. The number of para-hydroxylation sites is 1. The predicted molar refractivity (Wildman–Crippen MR) is 85.6 cm³/mol. The second-order valence-electron chi connectivity index (χ2n) is 4.98. The molecule has 1 amide bonds. The van der Waals surface area contributed by atoms with Crippen molar-refractivity contribution in [2.24, 2.45) is 0 Å². The van der Waals surface area contributed by atoms with Gasteiger partial charge in [-0.15, -0.1) is 11.8 Å². The van der Waals surface area contributed by atoms with Crippen LogP contribution in [-0.2, 0) is 0 Å². The number of carbonyl (C=O) groups is 1. The maximum absolute atomic E-state index is 13.5. The summed E-state index contributed by atoms with van der Waals surface area (Å²) in [5.74, 6) is 1.02. The van der Waals surface area contributed by atoms with Crippen molar-refractivity contribution in [2.45, 2.75) is 5.37 Å². The highest BCUT2D eigenvalue weighted by Crippen LogP contribution is 2.39. The van der Waals surface area contributed by atoms with Crippen LogP contribution in [0.15, 0.2) is 48.5 Å². The zero-order chi connectivity index (χ0) is 15.5. The third-order valence-corrected chi connectivity index (χ3v) is 4.88. The number of benzene rings is 2. The van der Waals surface area contributed by atoms with Gasteiger partial charge in [-0.1, -0.05) is 24.3 Å². The van der Waals surface area contributed by atoms with Crippen molar-refractivity contribution >= 4 is 17.7 Å². The fourth-order valence-corrected chi connectivity index (χ4v) is 3.84. The largest absolute Gasteiger partial charge is 0.496 e. The molecule has 2 aromatic carbocycles. The van der Waals surface area contributed by atoms with E-state index in [1.165, 1.54) is 12.1 Å². The first kappa shape index (κ1) is 14.9. The smallest absolute Gasteiger partial charge is 0.258 e. The van der Waals surface area contributed by atoms with Crippen molar-refractivity contribution in [3.8, 4) is 5.75 Å². The lowest BCUT2D eigenvalue weighted by Gasteiger charge is -2.25. The first-order chi connectivity index (χ1) is 10.7. The van der Waals surface area contributed by atoms with Crippen LogP contribution in [0.4, 0.5) is 4.39 Å². The standard InChI is InChI=1S/C17H16FNO2S/c1-21-15-8-3-2-7-14(15)16(20)19-9-10-22-17(19)12-5-4-6-13(18)11-12/h2-8,11,17H,9-10H2,1H3/t17-/m0/s1. The van der Waals surface area contributed by atoms with E-state index in [2.05, 4.69) is 0 Å². The van der Waals surface area contributed by atoms with E-state index in [9.17, 15) is 9.18 Å². The van der Waals surface area contributed by atoms with Crippen molar-refractivity contribution in [1.82, 2.24) is 4.90 Å². The van der Waals surface area contributed by atoms with E-state index in [-0.39, 0.29) is 17.1 Å². The van der Waals surface area contributed by atoms with Crippen molar-refractivity contribution < 1.29 is 13.9 Å². The Labute approximate surface area is 133 Å². The molecule has 0 aromatic heterocycles. The Balaban J connectivity index is 1.91. The van der Waals surface area contributed by atoms with Crippen LogP contribution >= 0.6 is 11.8 Å². The molecule has 0 saturated carbocycles. The van der Waals surface area contributed by atoms with E-state index in [1.807, 2.05) is 18.2 Å². The number of nitrogens with zero attached hydrogens (tertiary/aromatic N) is 1. The summed E-state index contributed by atoms with van der Waals surface area (Å²) in [6, 6.07) is 13.6. The monoisotopic (exact) mass is 317 g/mol. The highest BCUT2D eigenvalue weighted by molar-refractivity contribution is 7.99. The number of carbonyl (C=O) groups excluding carboxylic acids is 1. The van der Waals surface area contributed by atoms with Gasteiger partial charge in [0, 0.05) is 12.3 Å². The second kappa shape index (κ2) is 6.40. The van der Waals surface area contributed by atoms with Crippen molar-refractivity contribution in [3.63, 3.8) is 0 Å². The fraction of sp³-hybridized carbons (Fsp3) is 0.235. The van der Waals surface area contributed by atoms with Crippen molar-refractivity contribution in [1.29, 1.82) is 0 Å². The number of halogens is 1. The van der Waals surface area contributed by atoms with Gasteiger partial charge < -0.3 is 9.64 Å². The minimum absolute atomic E-state index is 0.0864. The Kier molecular flexibility index (Phi) is 4.34. The molecule has 1 aliphatic heterocycles. The third kappa shape index (κ3) is 2.81. The lowest BCUT2D eigenvalue weighted by atomic mass is 10.1. The number of rotatable bonds is 3. The first-order valence-corrected chi connectivity index (χ1v) is 8.06. The minimum Gasteiger partial charge on any atom is -0.496 e. The minimum atomic E-state index is -0.283. The van der Waals surface area contributed by atoms with E-state index in [1.54, 1.807) is 42.0 Å². The van der Waals surface area contributed by atoms with Gasteiger partial charge in [0.1, 0.15) is 16.9 Å². The van der Waals surface area contributed by atoms with Crippen LogP contribution in [-0.4, -0.2) is 30.2 Å². The van der Waals surface area contributed by atoms with Crippen LogP contribution in [0, 0.1) is 5.82 Å². The molecular formula is C17H16FNO2S. The summed E-state index contributed by atoms with van der Waals surface area (Å²) in [7, 11) is 1.55. The zero-order valence-electron chi connectivity index (χ0n) is 12.2. The quantitative estimate of drug-likeness (QED) is 0.864. The fourth-order valence-electron chi connectivity index (χ4n) is 2.59. The van der Waals surface area contributed by atoms with Crippen LogP contribution in [0.2, 0.25) is 0 Å². The van der Waals surface area contributed by atoms with Crippen molar-refractivity contribution in [3.05, 3.63) is 65.5 Å². The predicted octanol–water partition coefficient (Wildman–Crippen LogP) is 3.72. The molecule has 1 saturated heterocycles. The van der Waals surface area contributed by atoms with Gasteiger partial charge in [-0.05, 0) is 29.8 Å². The number of amides is 1. The Bertz CT molecular complexity index is 692. The van der Waals surface area contributed by atoms with Gasteiger partial charge in [0.2, 0.25) is 0 Å². The maximum atomic E-state index is 13.5. The molecule has 0 unspecified atom stereocenters. The lowest BCUT2D eigenvalue weighted by Crippen LogP contribution is -2.30. The summed E-state index contributed by atoms with van der Waals surface area (Å²) >= 11 is 1.65. The lowest BCUT2D eigenvalue weighted by molar-refractivity contribution is 0.0756. The van der Waals surface area contributed by atoms with E-state index >= 15 is 0 Å². The van der Waals surface area contributed by atoms with Gasteiger partial charge in [-0.2, -0.15) is 0 Å². The molecule has 0 radical (unpaired) electrons. The molecule has 114 valence electrons. The first-order valence-electron chi connectivity index (χ1n) is 7.02. The highest BCUT2D eigenvalue weighted by Gasteiger charge is 2.32. The maximum Gasteiger partial charge on any atom is 0.258 e. The molecule has 0 N–H and O–H groups in total. The van der Waals surface area contributed by atoms with Gasteiger partial charge in [0.25, 0.3) is 5.91 Å². The number of thioether (sulfide) groups is 1. The average molecular weight is 317 g/mol. The van der Waals surface area contributed by atoms with E-state index in [0.717, 1.165) is 11.3 Å². The molecule has 3 nitrogen and oxygen atoms in total. The van der Waals surface area contributed by atoms with Gasteiger partial charge in [-0.25, -0.2) is 4.39 Å². The summed E-state index contributed by atoms with van der Waals surface area (Å²) in [5, 5.41) is -0.159. The summed E-state index contributed by atoms with van der Waals surface area (Å²) in [6.45, 7) is 0.642. The molecule has 0 spiro atoms. The Hall–Kier alpha value is -2.01. The number of methoxy groups -OCH3 is 1. The summed E-state index contributed by atoms with van der Waals surface area (Å²) in [4.78, 5) is 14.6. The van der Waals surface area contributed by atoms with Crippen LogP contribution in [0.5, 0.6) is 5.75 Å². The Morgan fingerprint density at radius 2 is 2.09 bits per heavy atom. The molecule has 0 bridgehead atoms. The van der Waals surface area contributed by atoms with Crippen LogP contribution in [0.1, 0.15) is 21.3 Å². The van der Waals surface area contributed by atoms with Gasteiger partial charge in [0.05, 0.1) is 12.7 Å². The molecule has 5 heteroatoms. The zero-order valence-corrected chi connectivity index (χ0v) is 13.0. The van der Waals surface area contributed by atoms with E-state index in [0.29, 0.717) is 17.9 Å². The molecule has 1 aliphatic rings. The molecule has 1 fully saturated rings.